The van der Waals surface area contributed by atoms with E-state index in [0.29, 0.717) is 17.3 Å². The average Bonchev–Trinajstić information content (AvgIpc) is 2.95. The summed E-state index contributed by atoms with van der Waals surface area (Å²) in [5.74, 6) is -0.696. The summed E-state index contributed by atoms with van der Waals surface area (Å²) in [6.45, 7) is 5.26. The van der Waals surface area contributed by atoms with Crippen LogP contribution in [0.3, 0.4) is 0 Å². The Kier molecular flexibility index (Phi) is 6.47. The fraction of sp³-hybridized carbons (Fsp3) is 0.278. The van der Waals surface area contributed by atoms with Gasteiger partial charge in [-0.05, 0) is 19.1 Å². The van der Waals surface area contributed by atoms with Gasteiger partial charge in [0.1, 0.15) is 5.76 Å². The maximum absolute atomic E-state index is 12.1. The van der Waals surface area contributed by atoms with E-state index in [1.165, 1.54) is 6.08 Å². The maximum atomic E-state index is 12.1. The van der Waals surface area contributed by atoms with Crippen molar-refractivity contribution in [2.75, 3.05) is 13.2 Å². The van der Waals surface area contributed by atoms with Crippen LogP contribution < -0.4 is 5.32 Å². The number of nitrogens with one attached hydrogen (secondary N) is 1. The third-order valence-corrected chi connectivity index (χ3v) is 3.39. The first-order valence-electron chi connectivity index (χ1n) is 7.73. The van der Waals surface area contributed by atoms with Gasteiger partial charge in [0.2, 0.25) is 11.8 Å². The van der Waals surface area contributed by atoms with Gasteiger partial charge in [-0.2, -0.15) is 0 Å². The highest BCUT2D eigenvalue weighted by atomic mass is 16.5. The van der Waals surface area contributed by atoms with Crippen LogP contribution in [0.15, 0.2) is 47.4 Å². The van der Waals surface area contributed by atoms with Crippen molar-refractivity contribution < 1.29 is 23.8 Å². The van der Waals surface area contributed by atoms with Crippen molar-refractivity contribution in [1.29, 1.82) is 0 Å². The molecule has 1 heterocycles. The van der Waals surface area contributed by atoms with Crippen LogP contribution in [-0.4, -0.2) is 41.2 Å². The number of rotatable bonds is 9. The maximum Gasteiger partial charge on any atom is 0.328 e. The fourth-order valence-corrected chi connectivity index (χ4v) is 2.14. The number of carbonyl (C=O) groups excluding carboxylic acids is 1. The van der Waals surface area contributed by atoms with Crippen LogP contribution in [0.5, 0.6) is 0 Å². The SMILES string of the molecule is C=CCOCC(NC(=O)Cc1nc(-c2ccccc2)oc1C)C(=O)O. The minimum atomic E-state index is -1.17. The van der Waals surface area contributed by atoms with Crippen molar-refractivity contribution in [1.82, 2.24) is 10.3 Å². The predicted molar refractivity (Wildman–Crippen MR) is 91.0 cm³/mol. The number of aliphatic carboxylic acids is 1. The van der Waals surface area contributed by atoms with Crippen LogP contribution in [-0.2, 0) is 20.7 Å². The zero-order valence-electron chi connectivity index (χ0n) is 13.9. The van der Waals surface area contributed by atoms with Gasteiger partial charge in [-0.1, -0.05) is 24.3 Å². The number of ether oxygens (including phenoxy) is 1. The summed E-state index contributed by atoms with van der Waals surface area (Å²) < 4.78 is 10.7. The molecule has 0 saturated heterocycles. The standard InChI is InChI=1S/C18H20N2O5/c1-3-9-24-11-15(18(22)23)19-16(21)10-14-12(2)25-17(20-14)13-7-5-4-6-8-13/h3-8,15H,1,9-11H2,2H3,(H,19,21)(H,22,23). The lowest BCUT2D eigenvalue weighted by Crippen LogP contribution is -2.44. The number of carbonyl (C=O) groups is 2. The molecule has 132 valence electrons. The second-order valence-electron chi connectivity index (χ2n) is 5.35. The number of amides is 1. The number of oxazole rings is 1. The summed E-state index contributed by atoms with van der Waals surface area (Å²) >= 11 is 0. The van der Waals surface area contributed by atoms with Crippen molar-refractivity contribution in [3.8, 4) is 11.5 Å². The number of carboxylic acid groups (broad SMARTS) is 1. The van der Waals surface area contributed by atoms with E-state index in [0.717, 1.165) is 5.56 Å². The lowest BCUT2D eigenvalue weighted by atomic mass is 10.2. The third kappa shape index (κ3) is 5.29. The lowest BCUT2D eigenvalue weighted by molar-refractivity contribution is -0.143. The van der Waals surface area contributed by atoms with E-state index in [1.54, 1.807) is 6.92 Å². The number of aryl methyl sites for hydroxylation is 1. The zero-order valence-corrected chi connectivity index (χ0v) is 13.9. The van der Waals surface area contributed by atoms with Crippen LogP contribution in [0.1, 0.15) is 11.5 Å². The van der Waals surface area contributed by atoms with Gasteiger partial charge in [-0.25, -0.2) is 9.78 Å². The van der Waals surface area contributed by atoms with Gasteiger partial charge in [0.05, 0.1) is 25.3 Å². The minimum Gasteiger partial charge on any atom is -0.480 e. The van der Waals surface area contributed by atoms with E-state index in [1.807, 2.05) is 30.3 Å². The van der Waals surface area contributed by atoms with E-state index in [4.69, 9.17) is 14.3 Å². The molecule has 0 saturated carbocycles. The molecule has 1 atom stereocenters. The Morgan fingerprint density at radius 3 is 2.76 bits per heavy atom. The number of aromatic nitrogens is 1. The van der Waals surface area contributed by atoms with Crippen molar-refractivity contribution in [3.05, 3.63) is 54.4 Å². The topological polar surface area (TPSA) is 102 Å². The molecular formula is C18H20N2O5. The highest BCUT2D eigenvalue weighted by molar-refractivity contribution is 5.84. The van der Waals surface area contributed by atoms with Crippen LogP contribution in [0.2, 0.25) is 0 Å². The molecule has 1 aromatic heterocycles. The molecule has 0 radical (unpaired) electrons. The van der Waals surface area contributed by atoms with Gasteiger partial charge in [0, 0.05) is 5.56 Å². The molecule has 2 rings (SSSR count). The summed E-state index contributed by atoms with van der Waals surface area (Å²) in [7, 11) is 0. The molecule has 1 amide bonds. The largest absolute Gasteiger partial charge is 0.480 e. The Bertz CT molecular complexity index is 739. The monoisotopic (exact) mass is 344 g/mol. The molecular weight excluding hydrogens is 324 g/mol. The highest BCUT2D eigenvalue weighted by Crippen LogP contribution is 2.21. The average molecular weight is 344 g/mol. The van der Waals surface area contributed by atoms with Gasteiger partial charge in [0.25, 0.3) is 0 Å². The molecule has 1 unspecified atom stereocenters. The van der Waals surface area contributed by atoms with E-state index in [2.05, 4.69) is 16.9 Å². The molecule has 0 aliphatic heterocycles. The lowest BCUT2D eigenvalue weighted by Gasteiger charge is -2.13. The molecule has 1 aromatic carbocycles. The van der Waals surface area contributed by atoms with Crippen LogP contribution in [0.25, 0.3) is 11.5 Å². The molecule has 0 fully saturated rings. The van der Waals surface area contributed by atoms with Gasteiger partial charge >= 0.3 is 5.97 Å². The second kappa shape index (κ2) is 8.79. The summed E-state index contributed by atoms with van der Waals surface area (Å²) in [5.41, 5.74) is 1.27. The molecule has 0 bridgehead atoms. The third-order valence-electron chi connectivity index (χ3n) is 3.39. The number of benzene rings is 1. The number of nitrogens with zero attached hydrogens (tertiary/aromatic N) is 1. The summed E-state index contributed by atoms with van der Waals surface area (Å²) in [5, 5.41) is 11.6. The van der Waals surface area contributed by atoms with Crippen LogP contribution in [0.4, 0.5) is 0 Å². The molecule has 25 heavy (non-hydrogen) atoms. The molecule has 2 N–H and O–H groups in total. The first-order chi connectivity index (χ1) is 12.0. The zero-order chi connectivity index (χ0) is 18.2. The number of hydrogen-bond donors (Lipinski definition) is 2. The second-order valence-corrected chi connectivity index (χ2v) is 5.35. The summed E-state index contributed by atoms with van der Waals surface area (Å²) in [4.78, 5) is 27.6. The highest BCUT2D eigenvalue weighted by Gasteiger charge is 2.22. The van der Waals surface area contributed by atoms with E-state index < -0.39 is 17.9 Å². The van der Waals surface area contributed by atoms with Gasteiger partial charge in [-0.15, -0.1) is 6.58 Å². The Morgan fingerprint density at radius 1 is 1.40 bits per heavy atom. The smallest absolute Gasteiger partial charge is 0.328 e. The van der Waals surface area contributed by atoms with Gasteiger partial charge in [0.15, 0.2) is 6.04 Å². The van der Waals surface area contributed by atoms with E-state index >= 15 is 0 Å². The molecule has 7 nitrogen and oxygen atoms in total. The van der Waals surface area contributed by atoms with Crippen molar-refractivity contribution in [3.63, 3.8) is 0 Å². The van der Waals surface area contributed by atoms with Crippen molar-refractivity contribution >= 4 is 11.9 Å². The van der Waals surface area contributed by atoms with Gasteiger partial charge in [-0.3, -0.25) is 4.79 Å². The number of carboxylic acids is 1. The van der Waals surface area contributed by atoms with E-state index in [-0.39, 0.29) is 19.6 Å². The summed E-state index contributed by atoms with van der Waals surface area (Å²) in [6.07, 6.45) is 1.43. The fourth-order valence-electron chi connectivity index (χ4n) is 2.14. The first kappa shape index (κ1) is 18.4. The van der Waals surface area contributed by atoms with E-state index in [9.17, 15) is 9.59 Å². The number of hydrogen-bond acceptors (Lipinski definition) is 5. The Labute approximate surface area is 145 Å². The van der Waals surface area contributed by atoms with Crippen molar-refractivity contribution in [2.45, 2.75) is 19.4 Å². The quantitative estimate of drug-likeness (QED) is 0.533. The first-order valence-corrected chi connectivity index (χ1v) is 7.73. The van der Waals surface area contributed by atoms with Crippen LogP contribution in [0, 0.1) is 6.92 Å². The normalized spacial score (nSPS) is 11.7. The Balaban J connectivity index is 2.01. The molecule has 0 spiro atoms. The summed E-state index contributed by atoms with van der Waals surface area (Å²) in [6, 6.07) is 8.19. The molecule has 2 aromatic rings. The Morgan fingerprint density at radius 2 is 2.12 bits per heavy atom. The van der Waals surface area contributed by atoms with Crippen LogP contribution >= 0.6 is 0 Å². The predicted octanol–water partition coefficient (Wildman–Crippen LogP) is 1.96. The molecule has 0 aliphatic carbocycles. The minimum absolute atomic E-state index is 0.0760. The van der Waals surface area contributed by atoms with Gasteiger partial charge < -0.3 is 19.6 Å². The Hall–Kier alpha value is -2.93. The molecule has 0 aliphatic rings. The van der Waals surface area contributed by atoms with Crippen molar-refractivity contribution in [2.24, 2.45) is 0 Å². The molecule has 7 heteroatoms.